The van der Waals surface area contributed by atoms with Crippen LogP contribution >= 0.6 is 0 Å². The average molecular weight is 355 g/mol. The number of halogens is 6. The van der Waals surface area contributed by atoms with Crippen molar-refractivity contribution < 1.29 is 31.1 Å². The summed E-state index contributed by atoms with van der Waals surface area (Å²) in [5.41, 5.74) is -3.54. The van der Waals surface area contributed by atoms with E-state index >= 15 is 0 Å². The molecule has 1 aromatic carbocycles. The number of hydrogen-bond acceptors (Lipinski definition) is 2. The summed E-state index contributed by atoms with van der Waals surface area (Å²) in [5, 5.41) is 7.52. The van der Waals surface area contributed by atoms with Crippen LogP contribution in [0, 0.1) is 0 Å². The zero-order valence-electron chi connectivity index (χ0n) is 12.3. The van der Waals surface area contributed by atoms with E-state index in [-0.39, 0.29) is 18.7 Å². The highest BCUT2D eigenvalue weighted by Crippen LogP contribution is 2.37. The molecule has 1 atom stereocenters. The molecule has 1 fully saturated rings. The molecule has 1 aromatic rings. The molecule has 0 aliphatic carbocycles. The van der Waals surface area contributed by atoms with E-state index in [4.69, 9.17) is 0 Å². The van der Waals surface area contributed by atoms with Gasteiger partial charge in [-0.3, -0.25) is 0 Å². The summed E-state index contributed by atoms with van der Waals surface area (Å²) in [7, 11) is 0. The molecule has 1 heterocycles. The van der Waals surface area contributed by atoms with Crippen molar-refractivity contribution in [3.8, 4) is 0 Å². The van der Waals surface area contributed by atoms with Crippen LogP contribution in [0.25, 0.3) is 0 Å². The second-order valence-electron chi connectivity index (χ2n) is 5.42. The second-order valence-corrected chi connectivity index (χ2v) is 5.42. The third kappa shape index (κ3) is 5.02. The monoisotopic (exact) mass is 355 g/mol. The van der Waals surface area contributed by atoms with Gasteiger partial charge in [0.15, 0.2) is 0 Å². The van der Waals surface area contributed by atoms with Gasteiger partial charge >= 0.3 is 18.4 Å². The second kappa shape index (κ2) is 6.88. The van der Waals surface area contributed by atoms with Gasteiger partial charge in [-0.1, -0.05) is 0 Å². The Hall–Kier alpha value is -1.97. The van der Waals surface area contributed by atoms with Crippen molar-refractivity contribution >= 4 is 11.7 Å². The molecule has 134 valence electrons. The zero-order chi connectivity index (χ0) is 18.0. The van der Waals surface area contributed by atoms with Crippen molar-refractivity contribution in [1.29, 1.82) is 0 Å². The van der Waals surface area contributed by atoms with Crippen LogP contribution in [0.5, 0.6) is 0 Å². The van der Waals surface area contributed by atoms with Crippen molar-refractivity contribution in [3.63, 3.8) is 0 Å². The summed E-state index contributed by atoms with van der Waals surface area (Å²) < 4.78 is 76.3. The van der Waals surface area contributed by atoms with E-state index < -0.39 is 35.2 Å². The van der Waals surface area contributed by atoms with E-state index in [1.807, 2.05) is 5.32 Å². The highest BCUT2D eigenvalue weighted by molar-refractivity contribution is 5.89. The average Bonchev–Trinajstić information content (AvgIpc) is 2.96. The quantitative estimate of drug-likeness (QED) is 0.726. The smallest absolute Gasteiger partial charge is 0.336 e. The van der Waals surface area contributed by atoms with Gasteiger partial charge in [0.25, 0.3) is 0 Å². The number of carbonyl (C=O) groups is 1. The van der Waals surface area contributed by atoms with Crippen LogP contribution in [0.3, 0.4) is 0 Å². The molecular weight excluding hydrogens is 340 g/mol. The first-order chi connectivity index (χ1) is 11.1. The molecule has 0 aromatic heterocycles. The van der Waals surface area contributed by atoms with E-state index in [0.717, 1.165) is 19.4 Å². The molecule has 0 radical (unpaired) electrons. The topological polar surface area (TPSA) is 53.2 Å². The first-order valence-corrected chi connectivity index (χ1v) is 7.13. The number of urea groups is 1. The number of hydrogen-bond donors (Lipinski definition) is 3. The van der Waals surface area contributed by atoms with E-state index in [9.17, 15) is 31.1 Å². The van der Waals surface area contributed by atoms with E-state index in [0.29, 0.717) is 12.1 Å². The van der Waals surface area contributed by atoms with Crippen LogP contribution in [0.15, 0.2) is 18.2 Å². The number of alkyl halides is 6. The molecular formula is C14H15F6N3O. The van der Waals surface area contributed by atoms with Gasteiger partial charge in [0.05, 0.1) is 11.1 Å². The number of nitrogens with one attached hydrogen (secondary N) is 3. The maximum absolute atomic E-state index is 12.7. The third-order valence-corrected chi connectivity index (χ3v) is 3.52. The Morgan fingerprint density at radius 3 is 2.12 bits per heavy atom. The van der Waals surface area contributed by atoms with E-state index in [1.54, 1.807) is 0 Å². The molecule has 0 bridgehead atoms. The van der Waals surface area contributed by atoms with Crippen LogP contribution < -0.4 is 16.0 Å². The first kappa shape index (κ1) is 18.4. The van der Waals surface area contributed by atoms with Gasteiger partial charge in [0.1, 0.15) is 0 Å². The van der Waals surface area contributed by atoms with Gasteiger partial charge in [-0.05, 0) is 37.6 Å². The van der Waals surface area contributed by atoms with Gasteiger partial charge in [-0.15, -0.1) is 0 Å². The summed E-state index contributed by atoms with van der Waals surface area (Å²) >= 11 is 0. The summed E-state index contributed by atoms with van der Waals surface area (Å²) in [6.45, 7) is 1.04. The van der Waals surface area contributed by atoms with Gasteiger partial charge in [0.2, 0.25) is 0 Å². The largest absolute Gasteiger partial charge is 0.416 e. The molecule has 10 heteroatoms. The Bertz CT molecular complexity index is 561. The summed E-state index contributed by atoms with van der Waals surface area (Å²) in [4.78, 5) is 11.7. The first-order valence-electron chi connectivity index (χ1n) is 7.13. The third-order valence-electron chi connectivity index (χ3n) is 3.52. The van der Waals surface area contributed by atoms with E-state index in [2.05, 4.69) is 10.6 Å². The molecule has 0 spiro atoms. The predicted molar refractivity (Wildman–Crippen MR) is 74.5 cm³/mol. The fraction of sp³-hybridized carbons (Fsp3) is 0.500. The van der Waals surface area contributed by atoms with Crippen molar-refractivity contribution in [2.24, 2.45) is 0 Å². The van der Waals surface area contributed by atoms with Gasteiger partial charge < -0.3 is 16.0 Å². The van der Waals surface area contributed by atoms with Crippen LogP contribution in [0.2, 0.25) is 0 Å². The Morgan fingerprint density at radius 2 is 1.67 bits per heavy atom. The fourth-order valence-electron chi connectivity index (χ4n) is 2.35. The Morgan fingerprint density at radius 1 is 1.08 bits per heavy atom. The molecule has 3 N–H and O–H groups in total. The molecule has 0 saturated carbocycles. The van der Waals surface area contributed by atoms with E-state index in [1.165, 1.54) is 0 Å². The van der Waals surface area contributed by atoms with Gasteiger partial charge in [-0.25, -0.2) is 4.79 Å². The minimum Gasteiger partial charge on any atom is -0.336 e. The zero-order valence-corrected chi connectivity index (χ0v) is 12.3. The maximum Gasteiger partial charge on any atom is 0.416 e. The minimum absolute atomic E-state index is 0.00549. The normalized spacial score (nSPS) is 18.5. The summed E-state index contributed by atoms with van der Waals surface area (Å²) in [5.74, 6) is 0. The molecule has 1 aliphatic rings. The van der Waals surface area contributed by atoms with Crippen molar-refractivity contribution in [2.75, 3.05) is 18.4 Å². The van der Waals surface area contributed by atoms with Crippen molar-refractivity contribution in [3.05, 3.63) is 29.3 Å². The lowest BCUT2D eigenvalue weighted by Crippen LogP contribution is -2.39. The molecule has 1 saturated heterocycles. The van der Waals surface area contributed by atoms with Crippen molar-refractivity contribution in [2.45, 2.75) is 31.2 Å². The summed E-state index contributed by atoms with van der Waals surface area (Å²) in [6.07, 6.45) is -8.14. The Balaban J connectivity index is 2.11. The highest BCUT2D eigenvalue weighted by Gasteiger charge is 2.37. The predicted octanol–water partition coefficient (Wildman–Crippen LogP) is 3.60. The van der Waals surface area contributed by atoms with Crippen molar-refractivity contribution in [1.82, 2.24) is 10.6 Å². The number of benzene rings is 1. The molecule has 24 heavy (non-hydrogen) atoms. The van der Waals surface area contributed by atoms with Crippen LogP contribution in [-0.2, 0) is 12.4 Å². The number of amides is 2. The van der Waals surface area contributed by atoms with Gasteiger partial charge in [0, 0.05) is 18.3 Å². The molecule has 1 aliphatic heterocycles. The molecule has 4 nitrogen and oxygen atoms in total. The lowest BCUT2D eigenvalue weighted by Gasteiger charge is -2.16. The van der Waals surface area contributed by atoms with Crippen LogP contribution in [0.4, 0.5) is 36.8 Å². The Labute approximate surface area is 133 Å². The number of carbonyl (C=O) groups excluding carboxylic acids is 1. The lowest BCUT2D eigenvalue weighted by atomic mass is 10.1. The standard InChI is InChI=1S/C14H15F6N3O/c15-13(16,17)8-4-9(14(18,19)20)6-11(5-8)23-12(24)22-7-10-2-1-3-21-10/h4-6,10,21H,1-3,7H2,(H2,22,23,24). The summed E-state index contributed by atoms with van der Waals surface area (Å²) in [6, 6.07) is 0.107. The van der Waals surface area contributed by atoms with Crippen LogP contribution in [-0.4, -0.2) is 25.2 Å². The lowest BCUT2D eigenvalue weighted by molar-refractivity contribution is -0.143. The minimum atomic E-state index is -4.96. The number of anilines is 1. The fourth-order valence-corrected chi connectivity index (χ4v) is 2.35. The van der Waals surface area contributed by atoms with Crippen LogP contribution in [0.1, 0.15) is 24.0 Å². The van der Waals surface area contributed by atoms with Gasteiger partial charge in [-0.2, -0.15) is 26.3 Å². The molecule has 1 unspecified atom stereocenters. The maximum atomic E-state index is 12.7. The highest BCUT2D eigenvalue weighted by atomic mass is 19.4. The number of rotatable bonds is 3. The molecule has 2 rings (SSSR count). The Kier molecular flexibility index (Phi) is 5.26. The molecule has 2 amide bonds. The SMILES string of the molecule is O=C(NCC1CCCN1)Nc1cc(C(F)(F)F)cc(C(F)(F)F)c1.